The van der Waals surface area contributed by atoms with Crippen LogP contribution >= 0.6 is 11.8 Å². The van der Waals surface area contributed by atoms with Crippen molar-refractivity contribution >= 4 is 29.0 Å². The fourth-order valence-electron chi connectivity index (χ4n) is 1.87. The second kappa shape index (κ2) is 6.00. The van der Waals surface area contributed by atoms with Crippen LogP contribution < -0.4 is 9.47 Å². The molecule has 1 aromatic rings. The van der Waals surface area contributed by atoms with Crippen molar-refractivity contribution in [2.45, 2.75) is 6.92 Å². The Labute approximate surface area is 121 Å². The van der Waals surface area contributed by atoms with Gasteiger partial charge >= 0.3 is 0 Å². The summed E-state index contributed by atoms with van der Waals surface area (Å²) in [5, 5.41) is -0.245. The van der Waals surface area contributed by atoms with E-state index in [1.54, 1.807) is 45.4 Å². The van der Waals surface area contributed by atoms with E-state index in [4.69, 9.17) is 9.47 Å². The summed E-state index contributed by atoms with van der Waals surface area (Å²) in [5.41, 5.74) is 0.702. The smallest absolute Gasteiger partial charge is 0.293 e. The Bertz CT molecular complexity index is 583. The van der Waals surface area contributed by atoms with Crippen molar-refractivity contribution < 1.29 is 19.1 Å². The van der Waals surface area contributed by atoms with Gasteiger partial charge < -0.3 is 9.47 Å². The quantitative estimate of drug-likeness (QED) is 0.799. The summed E-state index contributed by atoms with van der Waals surface area (Å²) >= 11 is 0.936. The first-order valence-electron chi connectivity index (χ1n) is 6.08. The van der Waals surface area contributed by atoms with Crippen LogP contribution in [-0.2, 0) is 4.79 Å². The molecule has 106 valence electrons. The number of hydrogen-bond donors (Lipinski definition) is 0. The Balaban J connectivity index is 2.40. The summed E-state index contributed by atoms with van der Waals surface area (Å²) in [6.45, 7) is 2.14. The minimum atomic E-state index is -0.271. The standard InChI is InChI=1S/C14H15NO4S/c1-4-15-13(16)12(20-14(15)17)8-9-7-10(18-2)5-6-11(9)19-3/h5-8H,4H2,1-3H3/b12-8-. The number of methoxy groups -OCH3 is 2. The number of rotatable bonds is 4. The average molecular weight is 293 g/mol. The van der Waals surface area contributed by atoms with E-state index < -0.39 is 0 Å². The molecule has 6 heteroatoms. The summed E-state index contributed by atoms with van der Waals surface area (Å²) in [5.74, 6) is 1.01. The second-order valence-electron chi connectivity index (χ2n) is 4.03. The number of hydrogen-bond acceptors (Lipinski definition) is 5. The maximum absolute atomic E-state index is 12.0. The third kappa shape index (κ3) is 2.65. The zero-order valence-electron chi connectivity index (χ0n) is 11.5. The van der Waals surface area contributed by atoms with Crippen LogP contribution in [0, 0.1) is 0 Å². The van der Waals surface area contributed by atoms with Crippen LogP contribution in [-0.4, -0.2) is 36.8 Å². The summed E-state index contributed by atoms with van der Waals surface area (Å²) in [4.78, 5) is 25.3. The molecular weight excluding hydrogens is 278 g/mol. The van der Waals surface area contributed by atoms with Gasteiger partial charge in [0.1, 0.15) is 11.5 Å². The highest BCUT2D eigenvalue weighted by molar-refractivity contribution is 8.18. The molecule has 1 aliphatic heterocycles. The van der Waals surface area contributed by atoms with Gasteiger partial charge in [0.05, 0.1) is 19.1 Å². The van der Waals surface area contributed by atoms with Crippen molar-refractivity contribution in [2.24, 2.45) is 0 Å². The highest BCUT2D eigenvalue weighted by Crippen LogP contribution is 2.34. The SMILES string of the molecule is CCN1C(=O)S/C(=C\c2cc(OC)ccc2OC)C1=O. The molecule has 0 unspecified atom stereocenters. The molecule has 1 heterocycles. The van der Waals surface area contributed by atoms with Gasteiger partial charge in [0.2, 0.25) is 0 Å². The van der Waals surface area contributed by atoms with Crippen LogP contribution in [0.25, 0.3) is 6.08 Å². The first-order chi connectivity index (χ1) is 9.60. The van der Waals surface area contributed by atoms with Crippen LogP contribution in [0.15, 0.2) is 23.1 Å². The topological polar surface area (TPSA) is 55.8 Å². The summed E-state index contributed by atoms with van der Waals surface area (Å²) in [6, 6.07) is 5.29. The molecule has 1 aliphatic rings. The molecule has 5 nitrogen and oxygen atoms in total. The minimum Gasteiger partial charge on any atom is -0.497 e. The highest BCUT2D eigenvalue weighted by Gasteiger charge is 2.33. The lowest BCUT2D eigenvalue weighted by Gasteiger charge is -2.08. The van der Waals surface area contributed by atoms with Crippen molar-refractivity contribution in [1.29, 1.82) is 0 Å². The van der Waals surface area contributed by atoms with Gasteiger partial charge in [0, 0.05) is 12.1 Å². The summed E-state index contributed by atoms with van der Waals surface area (Å²) < 4.78 is 10.4. The van der Waals surface area contributed by atoms with Gasteiger partial charge in [-0.15, -0.1) is 0 Å². The monoisotopic (exact) mass is 293 g/mol. The van der Waals surface area contributed by atoms with Gasteiger partial charge in [-0.2, -0.15) is 0 Å². The largest absolute Gasteiger partial charge is 0.497 e. The Morgan fingerprint density at radius 2 is 2.00 bits per heavy atom. The summed E-state index contributed by atoms with van der Waals surface area (Å²) in [7, 11) is 3.12. The molecule has 0 N–H and O–H groups in total. The number of nitrogens with zero attached hydrogens (tertiary/aromatic N) is 1. The second-order valence-corrected chi connectivity index (χ2v) is 5.03. The Morgan fingerprint density at radius 3 is 2.55 bits per heavy atom. The van der Waals surface area contributed by atoms with Gasteiger partial charge in [0.15, 0.2) is 0 Å². The predicted octanol–water partition coefficient (Wildman–Crippen LogP) is 2.76. The maximum atomic E-state index is 12.0. The first kappa shape index (κ1) is 14.5. The average Bonchev–Trinajstić information content (AvgIpc) is 2.72. The Hall–Kier alpha value is -1.95. The lowest BCUT2D eigenvalue weighted by molar-refractivity contribution is -0.122. The number of benzene rings is 1. The normalized spacial score (nSPS) is 16.9. The molecule has 0 saturated carbocycles. The van der Waals surface area contributed by atoms with E-state index >= 15 is 0 Å². The molecule has 0 aromatic heterocycles. The van der Waals surface area contributed by atoms with Gasteiger partial charge in [0.25, 0.3) is 11.1 Å². The molecule has 2 rings (SSSR count). The molecule has 0 bridgehead atoms. The molecule has 20 heavy (non-hydrogen) atoms. The van der Waals surface area contributed by atoms with E-state index in [1.807, 2.05) is 0 Å². The number of carbonyl (C=O) groups excluding carboxylic acids is 2. The van der Waals surface area contributed by atoms with E-state index in [1.165, 1.54) is 4.90 Å². The zero-order valence-corrected chi connectivity index (χ0v) is 12.3. The van der Waals surface area contributed by atoms with Crippen molar-refractivity contribution in [1.82, 2.24) is 4.90 Å². The van der Waals surface area contributed by atoms with E-state index in [9.17, 15) is 9.59 Å². The minimum absolute atomic E-state index is 0.245. The van der Waals surface area contributed by atoms with Crippen LogP contribution in [0.4, 0.5) is 4.79 Å². The van der Waals surface area contributed by atoms with Crippen molar-refractivity contribution in [3.63, 3.8) is 0 Å². The third-order valence-corrected chi connectivity index (χ3v) is 3.82. The number of ether oxygens (including phenoxy) is 2. The van der Waals surface area contributed by atoms with E-state index in [0.29, 0.717) is 28.5 Å². The molecule has 2 amide bonds. The van der Waals surface area contributed by atoms with Crippen molar-refractivity contribution in [3.05, 3.63) is 28.7 Å². The van der Waals surface area contributed by atoms with Gasteiger partial charge in [-0.3, -0.25) is 14.5 Å². The third-order valence-electron chi connectivity index (χ3n) is 2.91. The molecule has 1 aromatic carbocycles. The van der Waals surface area contributed by atoms with Crippen LogP contribution in [0.5, 0.6) is 11.5 Å². The number of likely N-dealkylation sites (N-methyl/N-ethyl adjacent to an activating group) is 1. The number of imide groups is 1. The van der Waals surface area contributed by atoms with Crippen LogP contribution in [0.3, 0.4) is 0 Å². The van der Waals surface area contributed by atoms with Crippen molar-refractivity contribution in [3.8, 4) is 11.5 Å². The number of thioether (sulfide) groups is 1. The fraction of sp³-hybridized carbons (Fsp3) is 0.286. The highest BCUT2D eigenvalue weighted by atomic mass is 32.2. The molecule has 1 fully saturated rings. The number of amides is 2. The lowest BCUT2D eigenvalue weighted by atomic mass is 10.1. The molecule has 0 atom stereocenters. The molecule has 0 radical (unpaired) electrons. The van der Waals surface area contributed by atoms with Crippen LogP contribution in [0.2, 0.25) is 0 Å². The number of carbonyl (C=O) groups is 2. The Kier molecular flexibility index (Phi) is 4.34. The van der Waals surface area contributed by atoms with Gasteiger partial charge in [-0.1, -0.05) is 0 Å². The van der Waals surface area contributed by atoms with E-state index in [-0.39, 0.29) is 11.1 Å². The maximum Gasteiger partial charge on any atom is 0.293 e. The summed E-state index contributed by atoms with van der Waals surface area (Å²) in [6.07, 6.45) is 1.65. The van der Waals surface area contributed by atoms with E-state index in [0.717, 1.165) is 11.8 Å². The van der Waals surface area contributed by atoms with Crippen molar-refractivity contribution in [2.75, 3.05) is 20.8 Å². The zero-order chi connectivity index (χ0) is 14.7. The van der Waals surface area contributed by atoms with Gasteiger partial charge in [-0.05, 0) is 43.0 Å². The fourth-order valence-corrected chi connectivity index (χ4v) is 2.76. The van der Waals surface area contributed by atoms with Gasteiger partial charge in [-0.25, -0.2) is 0 Å². The molecule has 0 spiro atoms. The first-order valence-corrected chi connectivity index (χ1v) is 6.89. The Morgan fingerprint density at radius 1 is 1.25 bits per heavy atom. The van der Waals surface area contributed by atoms with E-state index in [2.05, 4.69) is 0 Å². The molecular formula is C14H15NO4S. The van der Waals surface area contributed by atoms with Crippen LogP contribution in [0.1, 0.15) is 12.5 Å². The predicted molar refractivity (Wildman–Crippen MR) is 77.9 cm³/mol. The lowest BCUT2D eigenvalue weighted by Crippen LogP contribution is -2.27. The molecule has 0 aliphatic carbocycles. The molecule has 1 saturated heterocycles.